The molecule has 313 valence electrons. The summed E-state index contributed by atoms with van der Waals surface area (Å²) in [5.41, 5.74) is 16.5. The molecule has 0 fully saturated rings. The molecule has 0 bridgehead atoms. The molecule has 0 N–H and O–H groups in total. The quantitative estimate of drug-likeness (QED) is 0.142. The van der Waals surface area contributed by atoms with Crippen molar-refractivity contribution >= 4 is 11.4 Å². The first kappa shape index (κ1) is 43.5. The van der Waals surface area contributed by atoms with Crippen LogP contribution in [0.15, 0.2) is 213 Å². The third kappa shape index (κ3) is 9.30. The summed E-state index contributed by atoms with van der Waals surface area (Å²) in [5, 5.41) is 0. The molecule has 0 atom stereocenters. The molecule has 6 nitrogen and oxygen atoms in total. The van der Waals surface area contributed by atoms with Crippen LogP contribution < -0.4 is 0 Å². The number of benzene rings is 8. The summed E-state index contributed by atoms with van der Waals surface area (Å²) in [5.74, 6) is 1.57. The zero-order valence-corrected chi connectivity index (χ0v) is 38.1. The van der Waals surface area contributed by atoms with E-state index in [9.17, 15) is 0 Å². The smallest absolute Gasteiger partial charge is 0.187 e. The predicted molar refractivity (Wildman–Crippen MR) is 261 cm³/mol. The summed E-state index contributed by atoms with van der Waals surface area (Å²) in [4.78, 5) is 16.5. The van der Waals surface area contributed by atoms with Crippen molar-refractivity contribution in [2.45, 2.75) is 13.8 Å². The van der Waals surface area contributed by atoms with Gasteiger partial charge in [0.2, 0.25) is 0 Å². The number of hydrogen-bond acceptors (Lipinski definition) is 2. The molecule has 10 rings (SSSR count). The van der Waals surface area contributed by atoms with Gasteiger partial charge in [0.15, 0.2) is 5.69 Å². The zero-order chi connectivity index (χ0) is 43.8. The van der Waals surface area contributed by atoms with Crippen LogP contribution in [-0.2, 0) is 20.1 Å². The van der Waals surface area contributed by atoms with Crippen molar-refractivity contribution in [2.24, 2.45) is 0 Å². The molecule has 0 aliphatic carbocycles. The van der Waals surface area contributed by atoms with Gasteiger partial charge in [-0.2, -0.15) is 6.07 Å². The molecule has 0 aliphatic heterocycles. The topological polar surface area (TPSA) is 44.4 Å². The Labute approximate surface area is 393 Å². The van der Waals surface area contributed by atoms with Gasteiger partial charge in [-0.15, -0.1) is 23.8 Å². The third-order valence-corrected chi connectivity index (χ3v) is 11.0. The molecule has 8 aromatic carbocycles. The van der Waals surface area contributed by atoms with E-state index in [1.54, 1.807) is 18.3 Å². The second-order valence-corrected chi connectivity index (χ2v) is 15.4. The molecule has 7 heteroatoms. The van der Waals surface area contributed by atoms with E-state index in [-0.39, 0.29) is 20.1 Å². The Morgan fingerprint density at radius 2 is 0.815 bits per heavy atom. The van der Waals surface area contributed by atoms with Gasteiger partial charge in [-0.05, 0) is 77.6 Å². The summed E-state index contributed by atoms with van der Waals surface area (Å²) in [6, 6.07) is 66.9. The summed E-state index contributed by atoms with van der Waals surface area (Å²) in [6.07, 6.45) is 7.61. The molecular formula is C58H41IrN6-. The van der Waals surface area contributed by atoms with E-state index >= 15 is 0 Å². The van der Waals surface area contributed by atoms with E-state index in [0.717, 1.165) is 78.7 Å². The first-order valence-electron chi connectivity index (χ1n) is 20.9. The number of aromatic nitrogens is 4. The van der Waals surface area contributed by atoms with Crippen LogP contribution in [-0.4, -0.2) is 19.1 Å². The van der Waals surface area contributed by atoms with Crippen molar-refractivity contribution < 1.29 is 20.1 Å². The first-order chi connectivity index (χ1) is 31.5. The van der Waals surface area contributed by atoms with E-state index in [4.69, 9.17) is 18.1 Å². The van der Waals surface area contributed by atoms with Crippen molar-refractivity contribution in [2.75, 3.05) is 0 Å². The molecule has 0 saturated heterocycles. The van der Waals surface area contributed by atoms with Crippen LogP contribution in [0.5, 0.6) is 0 Å². The van der Waals surface area contributed by atoms with E-state index < -0.39 is 0 Å². The van der Waals surface area contributed by atoms with Crippen LogP contribution in [0.4, 0.5) is 11.4 Å². The number of nitrogens with zero attached hydrogens (tertiary/aromatic N) is 6. The molecule has 2 aromatic heterocycles. The molecule has 0 spiro atoms. The van der Waals surface area contributed by atoms with Gasteiger partial charge in [-0.1, -0.05) is 140 Å². The molecule has 10 aromatic rings. The maximum Gasteiger partial charge on any atom is 0.187 e. The Bertz CT molecular complexity index is 2960. The van der Waals surface area contributed by atoms with Gasteiger partial charge in [0.1, 0.15) is 11.5 Å². The van der Waals surface area contributed by atoms with E-state index in [1.807, 2.05) is 73.2 Å². The van der Waals surface area contributed by atoms with Crippen LogP contribution in [0.2, 0.25) is 0 Å². The average Bonchev–Trinajstić information content (AvgIpc) is 4.06. The normalized spacial score (nSPS) is 10.5. The van der Waals surface area contributed by atoms with Crippen molar-refractivity contribution in [3.8, 4) is 78.7 Å². The first-order valence-corrected chi connectivity index (χ1v) is 20.9. The minimum atomic E-state index is 0. The SMILES string of the molecule is [C-]#[N+]c1cc[c-]c(-c2nccn2-c2c(-c3ccccc3)cc(C)cc2-c2ccccc2)c1.[C-]#[N+]c1cccc(-c2nccn2-c2c(-c3ccccc3)cc(C)cc2-c2ccccc2)c1.[Ir]. The van der Waals surface area contributed by atoms with Crippen LogP contribution in [0.25, 0.3) is 88.3 Å². The average molecular weight is 1010 g/mol. The second-order valence-electron chi connectivity index (χ2n) is 15.4. The van der Waals surface area contributed by atoms with Crippen molar-refractivity contribution in [3.05, 3.63) is 253 Å². The predicted octanol–water partition coefficient (Wildman–Crippen LogP) is 15.3. The summed E-state index contributed by atoms with van der Waals surface area (Å²) in [7, 11) is 0. The third-order valence-electron chi connectivity index (χ3n) is 11.0. The van der Waals surface area contributed by atoms with E-state index in [0.29, 0.717) is 11.4 Å². The Kier molecular flexibility index (Phi) is 13.3. The molecule has 65 heavy (non-hydrogen) atoms. The van der Waals surface area contributed by atoms with Gasteiger partial charge in [0.05, 0.1) is 30.3 Å². The minimum Gasteiger partial charge on any atom is -0.339 e. The van der Waals surface area contributed by atoms with Gasteiger partial charge in [0, 0.05) is 72.7 Å². The van der Waals surface area contributed by atoms with Gasteiger partial charge in [0.25, 0.3) is 0 Å². The van der Waals surface area contributed by atoms with Crippen LogP contribution in [0.1, 0.15) is 11.1 Å². The fraction of sp³-hybridized carbons (Fsp3) is 0.0345. The van der Waals surface area contributed by atoms with Crippen molar-refractivity contribution in [1.82, 2.24) is 19.1 Å². The van der Waals surface area contributed by atoms with Crippen LogP contribution in [0.3, 0.4) is 0 Å². The molecule has 1 radical (unpaired) electrons. The maximum atomic E-state index is 7.40. The van der Waals surface area contributed by atoms with E-state index in [1.165, 1.54) is 11.1 Å². The van der Waals surface area contributed by atoms with Gasteiger partial charge in [-0.25, -0.2) is 9.83 Å². The maximum absolute atomic E-state index is 7.40. The van der Waals surface area contributed by atoms with Crippen LogP contribution >= 0.6 is 0 Å². The minimum absolute atomic E-state index is 0. The van der Waals surface area contributed by atoms with Crippen molar-refractivity contribution in [3.63, 3.8) is 0 Å². The number of hydrogen-bond donors (Lipinski definition) is 0. The molecular weight excluding hydrogens is 973 g/mol. The van der Waals surface area contributed by atoms with Gasteiger partial charge >= 0.3 is 0 Å². The fourth-order valence-electron chi connectivity index (χ4n) is 8.18. The summed E-state index contributed by atoms with van der Waals surface area (Å²) >= 11 is 0. The zero-order valence-electron chi connectivity index (χ0n) is 35.7. The number of rotatable bonds is 8. The fourth-order valence-corrected chi connectivity index (χ4v) is 8.18. The molecule has 0 saturated carbocycles. The monoisotopic (exact) mass is 1010 g/mol. The Morgan fingerprint density at radius 3 is 1.25 bits per heavy atom. The Balaban J connectivity index is 0.000000175. The molecule has 0 unspecified atom stereocenters. The summed E-state index contributed by atoms with van der Waals surface area (Å²) < 4.78 is 4.26. The van der Waals surface area contributed by atoms with Crippen molar-refractivity contribution in [1.29, 1.82) is 0 Å². The summed E-state index contributed by atoms with van der Waals surface area (Å²) in [6.45, 7) is 19.0. The van der Waals surface area contributed by atoms with E-state index in [2.05, 4.69) is 165 Å². The second kappa shape index (κ2) is 19.9. The van der Waals surface area contributed by atoms with Gasteiger partial charge < -0.3 is 4.57 Å². The number of imidazole rings is 2. The standard InChI is InChI=1S/C29H21N3.C29H20N3.Ir/c2*1-21-18-26(22-10-5-3-6-11-22)28(27(19-21)23-12-7-4-8-13-23)32-17-16-31-29(32)24-14-9-15-25(20-24)30-2;/h3-20H,1H3;3-13,15-20H,1H3;/q;-1;. The molecule has 0 amide bonds. The Hall–Kier alpha value is -8.19. The molecule has 2 heterocycles. The molecule has 0 aliphatic rings. The van der Waals surface area contributed by atoms with Crippen LogP contribution in [0, 0.1) is 33.1 Å². The number of aryl methyl sites for hydroxylation is 2. The van der Waals surface area contributed by atoms with Gasteiger partial charge in [-0.3, -0.25) is 14.4 Å². The largest absolute Gasteiger partial charge is 0.339 e. The Morgan fingerprint density at radius 1 is 0.431 bits per heavy atom.